The summed E-state index contributed by atoms with van der Waals surface area (Å²) < 4.78 is 11.6. The molecule has 0 spiro atoms. The molecule has 1 amide bonds. The molecule has 0 saturated carbocycles. The van der Waals surface area contributed by atoms with Crippen molar-refractivity contribution in [2.75, 3.05) is 39.9 Å². The number of carbonyl (C=O) groups is 1. The number of nitrogens with zero attached hydrogens (tertiary/aromatic N) is 2. The molecule has 1 aromatic heterocycles. The second-order valence-electron chi connectivity index (χ2n) is 8.79. The number of methoxy groups -OCH3 is 1. The van der Waals surface area contributed by atoms with Crippen LogP contribution in [-0.4, -0.2) is 66.8 Å². The fraction of sp³-hybridized carbons (Fsp3) is 0.393. The molecule has 4 rings (SSSR count). The van der Waals surface area contributed by atoms with Gasteiger partial charge in [0, 0.05) is 18.0 Å². The Balaban J connectivity index is 1.42. The van der Waals surface area contributed by atoms with Gasteiger partial charge >= 0.3 is 0 Å². The Morgan fingerprint density at radius 1 is 1.14 bits per heavy atom. The number of fused-ring (bicyclic) bond motifs is 1. The molecule has 0 bridgehead atoms. The molecule has 1 aliphatic heterocycles. The number of amides is 1. The van der Waals surface area contributed by atoms with Crippen molar-refractivity contribution in [3.63, 3.8) is 0 Å². The molecular weight excluding hydrogens is 460 g/mol. The van der Waals surface area contributed by atoms with E-state index in [1.165, 1.54) is 4.88 Å². The van der Waals surface area contributed by atoms with Crippen LogP contribution in [0.2, 0.25) is 0 Å². The standard InChI is InChI=1S/C28H34N2O4S/c1-3-29(18-22(31)17-21-9-5-4-6-10-21)19-28(32)30-15-13-27-23(14-16-35-27)24(30)20-34-26-12-8-7-11-25(26)33-2/h4-12,14,16,22,24,31H,3,13,15,17-20H2,1-2H3/t22-,24-/m1/s1. The van der Waals surface area contributed by atoms with Crippen molar-refractivity contribution in [3.8, 4) is 11.5 Å². The van der Waals surface area contributed by atoms with Gasteiger partial charge in [0.05, 0.1) is 25.8 Å². The molecule has 186 valence electrons. The van der Waals surface area contributed by atoms with Gasteiger partial charge in [-0.3, -0.25) is 9.69 Å². The molecule has 3 aromatic rings. The van der Waals surface area contributed by atoms with Gasteiger partial charge in [-0.05, 0) is 54.1 Å². The predicted octanol–water partition coefficient (Wildman–Crippen LogP) is 4.19. The van der Waals surface area contributed by atoms with E-state index in [4.69, 9.17) is 9.47 Å². The number of hydrogen-bond acceptors (Lipinski definition) is 6. The number of rotatable bonds is 11. The summed E-state index contributed by atoms with van der Waals surface area (Å²) in [6, 6.07) is 19.5. The lowest BCUT2D eigenvalue weighted by atomic mass is 10.0. The van der Waals surface area contributed by atoms with Crippen LogP contribution in [0.1, 0.15) is 29.0 Å². The number of ether oxygens (including phenoxy) is 2. The van der Waals surface area contributed by atoms with E-state index in [9.17, 15) is 9.90 Å². The molecule has 2 aromatic carbocycles. The molecular formula is C28H34N2O4S. The number of hydrogen-bond donors (Lipinski definition) is 1. The molecule has 0 aliphatic carbocycles. The fourth-order valence-corrected chi connectivity index (χ4v) is 5.55. The largest absolute Gasteiger partial charge is 0.493 e. The van der Waals surface area contributed by atoms with E-state index in [0.717, 1.165) is 17.5 Å². The van der Waals surface area contributed by atoms with Gasteiger partial charge in [-0.2, -0.15) is 0 Å². The van der Waals surface area contributed by atoms with Gasteiger partial charge in [0.25, 0.3) is 0 Å². The topological polar surface area (TPSA) is 62.2 Å². The van der Waals surface area contributed by atoms with Crippen molar-refractivity contribution < 1.29 is 19.4 Å². The van der Waals surface area contributed by atoms with Crippen LogP contribution < -0.4 is 9.47 Å². The number of carbonyl (C=O) groups excluding carboxylic acids is 1. The van der Waals surface area contributed by atoms with Crippen molar-refractivity contribution in [1.82, 2.24) is 9.80 Å². The van der Waals surface area contributed by atoms with Crippen LogP contribution in [0.5, 0.6) is 11.5 Å². The highest BCUT2D eigenvalue weighted by molar-refractivity contribution is 7.10. The van der Waals surface area contributed by atoms with Crippen molar-refractivity contribution in [2.45, 2.75) is 31.9 Å². The molecule has 6 nitrogen and oxygen atoms in total. The lowest BCUT2D eigenvalue weighted by Crippen LogP contribution is -2.47. The minimum absolute atomic E-state index is 0.0595. The van der Waals surface area contributed by atoms with Crippen molar-refractivity contribution in [1.29, 1.82) is 0 Å². The van der Waals surface area contributed by atoms with E-state index in [1.807, 2.05) is 71.3 Å². The van der Waals surface area contributed by atoms with Crippen LogP contribution in [-0.2, 0) is 17.6 Å². The Morgan fingerprint density at radius 2 is 1.89 bits per heavy atom. The Bertz CT molecular complexity index is 1090. The van der Waals surface area contributed by atoms with Gasteiger partial charge in [-0.15, -0.1) is 11.3 Å². The summed E-state index contributed by atoms with van der Waals surface area (Å²) in [6.45, 7) is 4.47. The van der Waals surface area contributed by atoms with Crippen LogP contribution >= 0.6 is 11.3 Å². The van der Waals surface area contributed by atoms with Crippen molar-refractivity contribution >= 4 is 17.2 Å². The summed E-state index contributed by atoms with van der Waals surface area (Å²) in [5, 5.41) is 12.7. The zero-order valence-corrected chi connectivity index (χ0v) is 21.2. The van der Waals surface area contributed by atoms with Gasteiger partial charge in [0.2, 0.25) is 5.91 Å². The van der Waals surface area contributed by atoms with Gasteiger partial charge in [-0.25, -0.2) is 0 Å². The Hall–Kier alpha value is -2.87. The van der Waals surface area contributed by atoms with Crippen LogP contribution in [0, 0.1) is 0 Å². The third-order valence-electron chi connectivity index (χ3n) is 6.47. The van der Waals surface area contributed by atoms with E-state index >= 15 is 0 Å². The first kappa shape index (κ1) is 25.2. The molecule has 1 aliphatic rings. The fourth-order valence-electron chi connectivity index (χ4n) is 4.62. The zero-order chi connectivity index (χ0) is 24.6. The van der Waals surface area contributed by atoms with E-state index in [-0.39, 0.29) is 18.5 Å². The van der Waals surface area contributed by atoms with Gasteiger partial charge in [0.1, 0.15) is 6.61 Å². The highest BCUT2D eigenvalue weighted by atomic mass is 32.1. The molecule has 0 radical (unpaired) electrons. The first-order chi connectivity index (χ1) is 17.1. The monoisotopic (exact) mass is 494 g/mol. The van der Waals surface area contributed by atoms with Crippen LogP contribution in [0.25, 0.3) is 0 Å². The average molecular weight is 495 g/mol. The lowest BCUT2D eigenvalue weighted by molar-refractivity contribution is -0.136. The van der Waals surface area contributed by atoms with E-state index in [0.29, 0.717) is 44.2 Å². The van der Waals surface area contributed by atoms with Crippen LogP contribution in [0.3, 0.4) is 0 Å². The smallest absolute Gasteiger partial charge is 0.237 e. The summed E-state index contributed by atoms with van der Waals surface area (Å²) in [5.41, 5.74) is 2.26. The first-order valence-electron chi connectivity index (χ1n) is 12.1. The minimum atomic E-state index is -0.528. The van der Waals surface area contributed by atoms with E-state index < -0.39 is 6.10 Å². The summed E-state index contributed by atoms with van der Waals surface area (Å²) in [6.07, 6.45) is 0.898. The first-order valence-corrected chi connectivity index (χ1v) is 13.0. The molecule has 1 N–H and O–H groups in total. The van der Waals surface area contributed by atoms with Crippen LogP contribution in [0.15, 0.2) is 66.0 Å². The van der Waals surface area contributed by atoms with Crippen LogP contribution in [0.4, 0.5) is 0 Å². The second-order valence-corrected chi connectivity index (χ2v) is 9.79. The highest BCUT2D eigenvalue weighted by Crippen LogP contribution is 2.35. The van der Waals surface area contributed by atoms with E-state index in [1.54, 1.807) is 18.4 Å². The highest BCUT2D eigenvalue weighted by Gasteiger charge is 2.33. The average Bonchev–Trinajstić information content (AvgIpc) is 3.36. The predicted molar refractivity (Wildman–Crippen MR) is 139 cm³/mol. The number of likely N-dealkylation sites (N-methyl/N-ethyl adjacent to an activating group) is 1. The number of para-hydroxylation sites is 2. The molecule has 35 heavy (non-hydrogen) atoms. The zero-order valence-electron chi connectivity index (χ0n) is 20.4. The summed E-state index contributed by atoms with van der Waals surface area (Å²) in [7, 11) is 1.63. The molecule has 0 unspecified atom stereocenters. The quantitative estimate of drug-likeness (QED) is 0.433. The second kappa shape index (κ2) is 12.2. The summed E-state index contributed by atoms with van der Waals surface area (Å²) >= 11 is 1.74. The normalized spacial score (nSPS) is 16.1. The third kappa shape index (κ3) is 6.42. The SMILES string of the molecule is CCN(CC(=O)N1CCc2sccc2[C@H]1COc1ccccc1OC)C[C@H](O)Cc1ccccc1. The van der Waals surface area contributed by atoms with Gasteiger partial charge in [-0.1, -0.05) is 49.4 Å². The number of aliphatic hydroxyl groups is 1. The maximum absolute atomic E-state index is 13.5. The molecule has 2 atom stereocenters. The molecule has 0 fully saturated rings. The maximum atomic E-state index is 13.5. The Morgan fingerprint density at radius 3 is 2.63 bits per heavy atom. The minimum Gasteiger partial charge on any atom is -0.493 e. The number of benzene rings is 2. The molecule has 0 saturated heterocycles. The summed E-state index contributed by atoms with van der Waals surface area (Å²) in [5.74, 6) is 1.41. The van der Waals surface area contributed by atoms with Crippen molar-refractivity contribution in [2.24, 2.45) is 0 Å². The van der Waals surface area contributed by atoms with Gasteiger partial charge < -0.3 is 19.5 Å². The number of aliphatic hydroxyl groups excluding tert-OH is 1. The Kier molecular flexibility index (Phi) is 8.79. The summed E-state index contributed by atoms with van der Waals surface area (Å²) in [4.78, 5) is 18.8. The lowest BCUT2D eigenvalue weighted by Gasteiger charge is -2.37. The molecule has 2 heterocycles. The van der Waals surface area contributed by atoms with E-state index in [2.05, 4.69) is 11.4 Å². The third-order valence-corrected chi connectivity index (χ3v) is 7.47. The van der Waals surface area contributed by atoms with Crippen molar-refractivity contribution in [3.05, 3.63) is 82.0 Å². The Labute approximate surface area is 211 Å². The maximum Gasteiger partial charge on any atom is 0.237 e. The molecule has 7 heteroatoms. The number of thiophene rings is 1. The van der Waals surface area contributed by atoms with Gasteiger partial charge in [0.15, 0.2) is 11.5 Å².